The van der Waals surface area contributed by atoms with E-state index in [9.17, 15) is 9.59 Å². The van der Waals surface area contributed by atoms with Crippen LogP contribution in [0.5, 0.6) is 0 Å². The van der Waals surface area contributed by atoms with E-state index in [0.29, 0.717) is 39.5 Å². The van der Waals surface area contributed by atoms with Gasteiger partial charge in [-0.15, -0.1) is 0 Å². The zero-order valence-corrected chi connectivity index (χ0v) is 18.0. The third-order valence-corrected chi connectivity index (χ3v) is 5.69. The number of likely N-dealkylation sites (tertiary alicyclic amines) is 1. The predicted molar refractivity (Wildman–Crippen MR) is 120 cm³/mol. The van der Waals surface area contributed by atoms with Gasteiger partial charge in [-0.1, -0.05) is 12.8 Å². The van der Waals surface area contributed by atoms with Crippen LogP contribution in [0.4, 0.5) is 0 Å². The molecule has 4 aromatic rings. The van der Waals surface area contributed by atoms with Gasteiger partial charge in [0.05, 0.1) is 29.1 Å². The first-order valence-corrected chi connectivity index (χ1v) is 11.0. The number of fused-ring (bicyclic) bond motifs is 1. The molecule has 1 saturated heterocycles. The van der Waals surface area contributed by atoms with E-state index < -0.39 is 5.97 Å². The zero-order valence-electron chi connectivity index (χ0n) is 18.0. The number of esters is 1. The van der Waals surface area contributed by atoms with Crippen LogP contribution in [-0.2, 0) is 9.53 Å². The molecule has 168 valence electrons. The van der Waals surface area contributed by atoms with Gasteiger partial charge in [-0.3, -0.25) is 4.79 Å². The van der Waals surface area contributed by atoms with Crippen LogP contribution < -0.4 is 0 Å². The fourth-order valence-electron chi connectivity index (χ4n) is 3.97. The van der Waals surface area contributed by atoms with Crippen molar-refractivity contribution in [3.63, 3.8) is 0 Å². The number of rotatable bonds is 5. The first kappa shape index (κ1) is 20.9. The molecule has 3 aromatic heterocycles. The molecule has 5 rings (SSSR count). The van der Waals surface area contributed by atoms with E-state index in [-0.39, 0.29) is 12.5 Å². The number of nitrogens with zero attached hydrogens (tertiary/aromatic N) is 3. The van der Waals surface area contributed by atoms with Gasteiger partial charge in [0.2, 0.25) is 0 Å². The molecular weight excluding hydrogens is 422 g/mol. The highest BCUT2D eigenvalue weighted by Crippen LogP contribution is 2.31. The first-order valence-electron chi connectivity index (χ1n) is 11.0. The zero-order chi connectivity index (χ0) is 22.6. The molecule has 1 aliphatic heterocycles. The highest BCUT2D eigenvalue weighted by atomic mass is 16.5. The van der Waals surface area contributed by atoms with Gasteiger partial charge in [0, 0.05) is 13.1 Å². The average Bonchev–Trinajstić information content (AvgIpc) is 3.51. The van der Waals surface area contributed by atoms with E-state index in [1.54, 1.807) is 59.9 Å². The number of carbonyl (C=O) groups is 2. The number of benzene rings is 1. The van der Waals surface area contributed by atoms with Crippen molar-refractivity contribution in [2.45, 2.75) is 25.7 Å². The summed E-state index contributed by atoms with van der Waals surface area (Å²) < 4.78 is 16.4. The van der Waals surface area contributed by atoms with Gasteiger partial charge in [0.1, 0.15) is 11.4 Å². The second-order valence-electron chi connectivity index (χ2n) is 7.95. The number of aromatic nitrogens is 2. The molecule has 8 heteroatoms. The summed E-state index contributed by atoms with van der Waals surface area (Å²) in [6.07, 6.45) is 7.36. The van der Waals surface area contributed by atoms with Crippen molar-refractivity contribution in [2.75, 3.05) is 19.7 Å². The van der Waals surface area contributed by atoms with Gasteiger partial charge in [-0.2, -0.15) is 0 Å². The number of hydrogen-bond donors (Lipinski definition) is 0. The Kier molecular flexibility index (Phi) is 5.89. The fourth-order valence-corrected chi connectivity index (χ4v) is 3.97. The maximum absolute atomic E-state index is 12.6. The lowest BCUT2D eigenvalue weighted by atomic mass is 10.1. The number of hydrogen-bond acceptors (Lipinski definition) is 7. The molecule has 0 radical (unpaired) electrons. The lowest BCUT2D eigenvalue weighted by Gasteiger charge is -2.19. The topological polar surface area (TPSA) is 98.7 Å². The second kappa shape index (κ2) is 9.28. The highest BCUT2D eigenvalue weighted by Gasteiger charge is 2.20. The Bertz CT molecular complexity index is 1260. The predicted octanol–water partition coefficient (Wildman–Crippen LogP) is 4.71. The largest absolute Gasteiger partial charge is 0.463 e. The molecule has 1 aliphatic rings. The summed E-state index contributed by atoms with van der Waals surface area (Å²) in [6, 6.07) is 12.1. The molecule has 0 spiro atoms. The van der Waals surface area contributed by atoms with Crippen LogP contribution in [0.2, 0.25) is 0 Å². The molecule has 0 N–H and O–H groups in total. The lowest BCUT2D eigenvalue weighted by Crippen LogP contribution is -2.35. The minimum atomic E-state index is -0.573. The molecule has 1 fully saturated rings. The Hall–Kier alpha value is -3.94. The molecule has 8 nitrogen and oxygen atoms in total. The Labute approximate surface area is 190 Å². The molecule has 0 bridgehead atoms. The summed E-state index contributed by atoms with van der Waals surface area (Å²) in [4.78, 5) is 36.2. The summed E-state index contributed by atoms with van der Waals surface area (Å²) in [6.45, 7) is 1.17. The van der Waals surface area contributed by atoms with Crippen LogP contribution in [0, 0.1) is 0 Å². The van der Waals surface area contributed by atoms with E-state index in [0.717, 1.165) is 38.8 Å². The van der Waals surface area contributed by atoms with E-state index >= 15 is 0 Å². The summed E-state index contributed by atoms with van der Waals surface area (Å²) in [5, 5.41) is 0. The Morgan fingerprint density at radius 3 is 2.09 bits per heavy atom. The van der Waals surface area contributed by atoms with Crippen molar-refractivity contribution in [2.24, 2.45) is 0 Å². The van der Waals surface area contributed by atoms with Crippen molar-refractivity contribution < 1.29 is 23.2 Å². The number of amides is 1. The SMILES string of the molecule is O=C(OCC(=O)N1CCCCCC1)c1ccc2nc(-c3ccco3)c(-c3ccco3)nc2c1. The molecular formula is C25H23N3O5. The molecule has 1 amide bonds. The molecule has 0 saturated carbocycles. The van der Waals surface area contributed by atoms with Crippen LogP contribution in [0.1, 0.15) is 36.0 Å². The molecule has 0 atom stereocenters. The van der Waals surface area contributed by atoms with Crippen LogP contribution in [0.3, 0.4) is 0 Å². The normalized spacial score (nSPS) is 14.2. The van der Waals surface area contributed by atoms with Crippen molar-refractivity contribution in [1.82, 2.24) is 14.9 Å². The molecule has 0 unspecified atom stereocenters. The minimum absolute atomic E-state index is 0.158. The van der Waals surface area contributed by atoms with Gasteiger partial charge in [0.15, 0.2) is 18.1 Å². The smallest absolute Gasteiger partial charge is 0.338 e. The van der Waals surface area contributed by atoms with Gasteiger partial charge in [-0.25, -0.2) is 14.8 Å². The number of furan rings is 2. The van der Waals surface area contributed by atoms with E-state index in [1.165, 1.54) is 0 Å². The third-order valence-electron chi connectivity index (χ3n) is 5.69. The average molecular weight is 445 g/mol. The quantitative estimate of drug-likeness (QED) is 0.410. The summed E-state index contributed by atoms with van der Waals surface area (Å²) in [5.41, 5.74) is 2.45. The number of carbonyl (C=O) groups excluding carboxylic acids is 2. The minimum Gasteiger partial charge on any atom is -0.463 e. The van der Waals surface area contributed by atoms with Crippen molar-refractivity contribution in [1.29, 1.82) is 0 Å². The van der Waals surface area contributed by atoms with Crippen LogP contribution >= 0.6 is 0 Å². The summed E-state index contributed by atoms with van der Waals surface area (Å²) in [5.74, 6) is 0.365. The first-order chi connectivity index (χ1) is 16.2. The van der Waals surface area contributed by atoms with Gasteiger partial charge < -0.3 is 18.5 Å². The Morgan fingerprint density at radius 2 is 1.48 bits per heavy atom. The van der Waals surface area contributed by atoms with Crippen LogP contribution in [-0.4, -0.2) is 46.4 Å². The summed E-state index contributed by atoms with van der Waals surface area (Å²) in [7, 11) is 0. The van der Waals surface area contributed by atoms with Gasteiger partial charge >= 0.3 is 5.97 Å². The fraction of sp³-hybridized carbons (Fsp3) is 0.280. The van der Waals surface area contributed by atoms with Crippen LogP contribution in [0.15, 0.2) is 63.8 Å². The van der Waals surface area contributed by atoms with Crippen LogP contribution in [0.25, 0.3) is 33.9 Å². The lowest BCUT2D eigenvalue weighted by molar-refractivity contribution is -0.134. The van der Waals surface area contributed by atoms with E-state index in [2.05, 4.69) is 4.98 Å². The van der Waals surface area contributed by atoms with Crippen molar-refractivity contribution in [3.05, 3.63) is 60.6 Å². The van der Waals surface area contributed by atoms with Crippen molar-refractivity contribution in [3.8, 4) is 22.9 Å². The van der Waals surface area contributed by atoms with Gasteiger partial charge in [-0.05, 0) is 55.3 Å². The Balaban J connectivity index is 1.39. The number of ether oxygens (including phenoxy) is 1. The maximum atomic E-state index is 12.6. The van der Waals surface area contributed by atoms with Crippen molar-refractivity contribution >= 4 is 22.9 Å². The maximum Gasteiger partial charge on any atom is 0.338 e. The monoisotopic (exact) mass is 445 g/mol. The molecule has 33 heavy (non-hydrogen) atoms. The highest BCUT2D eigenvalue weighted by molar-refractivity contribution is 5.95. The molecule has 1 aromatic carbocycles. The van der Waals surface area contributed by atoms with E-state index in [1.807, 2.05) is 0 Å². The standard InChI is InChI=1S/C25H23N3O5/c29-22(28-11-3-1-2-4-12-28)16-33-25(30)17-9-10-18-19(15-17)27-24(21-8-6-14-32-21)23(26-18)20-7-5-13-31-20/h5-10,13-15H,1-4,11-12,16H2. The Morgan fingerprint density at radius 1 is 0.848 bits per heavy atom. The van der Waals surface area contributed by atoms with Gasteiger partial charge in [0.25, 0.3) is 5.91 Å². The third kappa shape index (κ3) is 4.50. The summed E-state index contributed by atoms with van der Waals surface area (Å²) >= 11 is 0. The molecule has 0 aliphatic carbocycles. The second-order valence-corrected chi connectivity index (χ2v) is 7.95. The van der Waals surface area contributed by atoms with E-state index in [4.69, 9.17) is 18.6 Å². The molecule has 4 heterocycles.